The van der Waals surface area contributed by atoms with Crippen molar-refractivity contribution < 1.29 is 19.2 Å². The smallest absolute Gasteiger partial charge is 0.254 e. The molecule has 2 fully saturated rings. The highest BCUT2D eigenvalue weighted by molar-refractivity contribution is 7.98. The van der Waals surface area contributed by atoms with Gasteiger partial charge in [-0.25, -0.2) is 0 Å². The van der Waals surface area contributed by atoms with E-state index in [-0.39, 0.29) is 36.1 Å². The summed E-state index contributed by atoms with van der Waals surface area (Å²) in [4.78, 5) is 56.2. The normalized spacial score (nSPS) is 19.2. The van der Waals surface area contributed by atoms with Gasteiger partial charge in [0.15, 0.2) is 5.78 Å². The van der Waals surface area contributed by atoms with Crippen LogP contribution in [0.1, 0.15) is 32.7 Å². The summed E-state index contributed by atoms with van der Waals surface area (Å²) in [5.74, 6) is 0.0867. The molecule has 0 aliphatic carbocycles. The summed E-state index contributed by atoms with van der Waals surface area (Å²) in [5, 5.41) is 2.91. The zero-order valence-electron chi connectivity index (χ0n) is 20.9. The lowest BCUT2D eigenvalue weighted by Gasteiger charge is -2.28. The molecule has 1 N–H and O–H groups in total. The minimum absolute atomic E-state index is 0.0172. The first-order valence-electron chi connectivity index (χ1n) is 12.7. The van der Waals surface area contributed by atoms with Crippen molar-refractivity contribution in [2.45, 2.75) is 30.3 Å². The van der Waals surface area contributed by atoms with E-state index in [4.69, 9.17) is 0 Å². The molecule has 5 rings (SSSR count). The number of likely N-dealkylation sites (tertiary alicyclic amines) is 2. The number of amides is 3. The van der Waals surface area contributed by atoms with Crippen molar-refractivity contribution in [3.05, 3.63) is 108 Å². The molecule has 3 aromatic rings. The second kappa shape index (κ2) is 11.6. The van der Waals surface area contributed by atoms with Crippen LogP contribution in [0.25, 0.3) is 0 Å². The zero-order valence-corrected chi connectivity index (χ0v) is 21.7. The van der Waals surface area contributed by atoms with E-state index in [9.17, 15) is 19.2 Å². The summed E-state index contributed by atoms with van der Waals surface area (Å²) in [6.07, 6.45) is 0.525. The van der Waals surface area contributed by atoms with E-state index in [1.807, 2.05) is 42.5 Å². The first kappa shape index (κ1) is 25.7. The Kier molecular flexibility index (Phi) is 7.89. The van der Waals surface area contributed by atoms with Crippen molar-refractivity contribution in [2.24, 2.45) is 0 Å². The van der Waals surface area contributed by atoms with Crippen LogP contribution in [0.4, 0.5) is 0 Å². The van der Waals surface area contributed by atoms with Gasteiger partial charge >= 0.3 is 0 Å². The average Bonchev–Trinajstić information content (AvgIpc) is 3.54. The first-order chi connectivity index (χ1) is 18.5. The van der Waals surface area contributed by atoms with Gasteiger partial charge in [0, 0.05) is 29.2 Å². The van der Waals surface area contributed by atoms with Crippen LogP contribution in [0.15, 0.2) is 91.0 Å². The average molecular weight is 528 g/mol. The highest BCUT2D eigenvalue weighted by Gasteiger charge is 2.52. The van der Waals surface area contributed by atoms with E-state index >= 15 is 0 Å². The standard InChI is InChI=1S/C30H29N3O4S/c34-26-18-33(29(36)23-14-8-3-9-15-23)25-16-17-32(27(25)26)30(37)24(20-38-19-21-10-4-1-5-11-21)31-28(35)22-12-6-2-7-13-22/h1-15,24-25,27H,16-20H2,(H,31,35)/t24-,25+,27-/m0/s1. The van der Waals surface area contributed by atoms with Gasteiger partial charge in [-0.05, 0) is 36.2 Å². The number of nitrogens with zero attached hydrogens (tertiary/aromatic N) is 2. The number of rotatable bonds is 8. The molecular formula is C30H29N3O4S. The van der Waals surface area contributed by atoms with Gasteiger partial charge < -0.3 is 15.1 Å². The third-order valence-electron chi connectivity index (χ3n) is 7.02. The third kappa shape index (κ3) is 5.50. The Hall–Kier alpha value is -3.91. The quantitative estimate of drug-likeness (QED) is 0.485. The minimum Gasteiger partial charge on any atom is -0.339 e. The van der Waals surface area contributed by atoms with Crippen molar-refractivity contribution in [1.82, 2.24) is 15.1 Å². The minimum atomic E-state index is -0.804. The molecule has 38 heavy (non-hydrogen) atoms. The summed E-state index contributed by atoms with van der Waals surface area (Å²) >= 11 is 1.56. The molecular weight excluding hydrogens is 498 g/mol. The SMILES string of the molecule is O=C(N[C@@H](CSCc1ccccc1)C(=O)N1CC[C@@H]2[C@H]1C(=O)CN2C(=O)c1ccccc1)c1ccccc1. The number of carbonyl (C=O) groups excluding carboxylic acids is 4. The number of fused-ring (bicyclic) bond motifs is 1. The summed E-state index contributed by atoms with van der Waals surface area (Å²) in [6.45, 7) is 0.343. The Labute approximate surface area is 226 Å². The molecule has 7 nitrogen and oxygen atoms in total. The van der Waals surface area contributed by atoms with Crippen LogP contribution in [0.3, 0.4) is 0 Å². The van der Waals surface area contributed by atoms with Crippen molar-refractivity contribution in [3.8, 4) is 0 Å². The largest absolute Gasteiger partial charge is 0.339 e. The molecule has 2 heterocycles. The third-order valence-corrected chi connectivity index (χ3v) is 8.13. The molecule has 0 aromatic heterocycles. The van der Waals surface area contributed by atoms with E-state index in [1.54, 1.807) is 70.1 Å². The Morgan fingerprint density at radius 1 is 0.842 bits per heavy atom. The van der Waals surface area contributed by atoms with E-state index in [0.717, 1.165) is 5.56 Å². The topological polar surface area (TPSA) is 86.8 Å². The van der Waals surface area contributed by atoms with Crippen molar-refractivity contribution >= 4 is 35.3 Å². The van der Waals surface area contributed by atoms with Crippen LogP contribution in [-0.4, -0.2) is 70.3 Å². The Balaban J connectivity index is 1.31. The van der Waals surface area contributed by atoms with Gasteiger partial charge in [0.05, 0.1) is 12.6 Å². The number of ketones is 1. The molecule has 0 radical (unpaired) electrons. The van der Waals surface area contributed by atoms with Crippen LogP contribution in [-0.2, 0) is 15.3 Å². The maximum atomic E-state index is 13.8. The fourth-order valence-corrected chi connectivity index (χ4v) is 6.17. The van der Waals surface area contributed by atoms with Crippen molar-refractivity contribution in [2.75, 3.05) is 18.8 Å². The molecule has 194 valence electrons. The fourth-order valence-electron chi connectivity index (χ4n) is 5.16. The predicted molar refractivity (Wildman–Crippen MR) is 147 cm³/mol. The molecule has 3 atom stereocenters. The summed E-state index contributed by atoms with van der Waals surface area (Å²) < 4.78 is 0. The molecule has 8 heteroatoms. The number of Topliss-reactive ketones (excluding diaryl/α,β-unsaturated/α-hetero) is 1. The maximum Gasteiger partial charge on any atom is 0.254 e. The fraction of sp³-hybridized carbons (Fsp3) is 0.267. The molecule has 0 spiro atoms. The number of benzene rings is 3. The summed E-state index contributed by atoms with van der Waals surface area (Å²) in [6, 6.07) is 25.7. The lowest BCUT2D eigenvalue weighted by Crippen LogP contribution is -2.53. The molecule has 0 saturated carbocycles. The van der Waals surface area contributed by atoms with Crippen molar-refractivity contribution in [3.63, 3.8) is 0 Å². The number of thioether (sulfide) groups is 1. The van der Waals surface area contributed by atoms with Crippen LogP contribution < -0.4 is 5.32 Å². The number of hydrogen-bond acceptors (Lipinski definition) is 5. The molecule has 2 saturated heterocycles. The number of carbonyl (C=O) groups is 4. The van der Waals surface area contributed by atoms with Crippen LogP contribution in [0.5, 0.6) is 0 Å². The van der Waals surface area contributed by atoms with Crippen LogP contribution >= 0.6 is 11.8 Å². The summed E-state index contributed by atoms with van der Waals surface area (Å²) in [5.41, 5.74) is 2.12. The van der Waals surface area contributed by atoms with Gasteiger partial charge in [0.1, 0.15) is 12.1 Å². The second-order valence-electron chi connectivity index (χ2n) is 9.49. The Morgan fingerprint density at radius 3 is 2.11 bits per heavy atom. The first-order valence-corrected chi connectivity index (χ1v) is 13.8. The monoisotopic (exact) mass is 527 g/mol. The number of nitrogens with one attached hydrogen (secondary N) is 1. The Bertz CT molecular complexity index is 1300. The maximum absolute atomic E-state index is 13.8. The highest BCUT2D eigenvalue weighted by Crippen LogP contribution is 2.31. The summed E-state index contributed by atoms with van der Waals surface area (Å²) in [7, 11) is 0. The van der Waals surface area contributed by atoms with Gasteiger partial charge in [0.25, 0.3) is 11.8 Å². The van der Waals surface area contributed by atoms with Crippen LogP contribution in [0.2, 0.25) is 0 Å². The molecule has 3 amide bonds. The van der Waals surface area contributed by atoms with Crippen LogP contribution in [0, 0.1) is 0 Å². The lowest BCUT2D eigenvalue weighted by molar-refractivity contribution is -0.137. The van der Waals surface area contributed by atoms with Gasteiger partial charge in [-0.15, -0.1) is 0 Å². The zero-order chi connectivity index (χ0) is 26.5. The van der Waals surface area contributed by atoms with Gasteiger partial charge in [-0.1, -0.05) is 66.7 Å². The van der Waals surface area contributed by atoms with E-state index in [1.165, 1.54) is 0 Å². The van der Waals surface area contributed by atoms with Gasteiger partial charge in [-0.3, -0.25) is 19.2 Å². The van der Waals surface area contributed by atoms with E-state index < -0.39 is 12.1 Å². The molecule has 3 aromatic carbocycles. The second-order valence-corrected chi connectivity index (χ2v) is 10.5. The molecule has 2 aliphatic heterocycles. The highest BCUT2D eigenvalue weighted by atomic mass is 32.2. The van der Waals surface area contributed by atoms with Gasteiger partial charge in [-0.2, -0.15) is 11.8 Å². The van der Waals surface area contributed by atoms with E-state index in [0.29, 0.717) is 35.6 Å². The Morgan fingerprint density at radius 2 is 1.45 bits per heavy atom. The molecule has 0 unspecified atom stereocenters. The molecule has 2 aliphatic rings. The van der Waals surface area contributed by atoms with E-state index in [2.05, 4.69) is 5.32 Å². The van der Waals surface area contributed by atoms with Crippen molar-refractivity contribution in [1.29, 1.82) is 0 Å². The van der Waals surface area contributed by atoms with Gasteiger partial charge in [0.2, 0.25) is 5.91 Å². The molecule has 0 bridgehead atoms. The predicted octanol–water partition coefficient (Wildman–Crippen LogP) is 3.41. The lowest BCUT2D eigenvalue weighted by atomic mass is 10.1. The number of hydrogen-bond donors (Lipinski definition) is 1.